The molecule has 4 atom stereocenters. The van der Waals surface area contributed by atoms with Crippen LogP contribution in [0.15, 0.2) is 30.3 Å². The minimum atomic E-state index is -2.31. The number of aliphatic carboxylic acids is 1. The highest BCUT2D eigenvalue weighted by molar-refractivity contribution is 5.70. The van der Waals surface area contributed by atoms with Gasteiger partial charge in [-0.25, -0.2) is 0 Å². The van der Waals surface area contributed by atoms with Gasteiger partial charge in [0, 0.05) is 5.56 Å². The maximum absolute atomic E-state index is 9.98. The first kappa shape index (κ1) is 33.4. The summed E-state index contributed by atoms with van der Waals surface area (Å²) in [5, 5.41) is 53.4. The van der Waals surface area contributed by atoms with Crippen molar-refractivity contribution in [2.24, 2.45) is 0 Å². The van der Waals surface area contributed by atoms with Gasteiger partial charge in [-0.05, 0) is 12.8 Å². The van der Waals surface area contributed by atoms with Crippen molar-refractivity contribution in [2.75, 3.05) is 27.2 Å². The highest BCUT2D eigenvalue weighted by Gasteiger charge is 2.30. The van der Waals surface area contributed by atoms with Crippen LogP contribution in [0.4, 0.5) is 0 Å². The smallest absolute Gasteiger partial charge is 0.122 e. The largest absolute Gasteiger partial charge is 0.547 e. The van der Waals surface area contributed by atoms with E-state index in [-0.39, 0.29) is 0 Å². The van der Waals surface area contributed by atoms with Crippen molar-refractivity contribution in [3.63, 3.8) is 0 Å². The number of rotatable bonds is 18. The van der Waals surface area contributed by atoms with Crippen LogP contribution < -0.4 is 5.11 Å². The average Bonchev–Trinajstić information content (AvgIpc) is 2.83. The summed E-state index contributed by atoms with van der Waals surface area (Å²) in [5.74, 6) is -1.98. The Kier molecular flexibility index (Phi) is 18.7. The summed E-state index contributed by atoms with van der Waals surface area (Å²) >= 11 is 0. The average molecular weight is 500 g/mol. The SMILES string of the molecule is CCCCCCCCCCCC[N+](C)(C)Cc1ccccc1.O=C([O-])[C@H](O)[C@@H](O)[C@H](O)[C@H](O)CO. The van der Waals surface area contributed by atoms with Crippen LogP contribution in [0.5, 0.6) is 0 Å². The topological polar surface area (TPSA) is 141 Å². The van der Waals surface area contributed by atoms with E-state index in [2.05, 4.69) is 51.4 Å². The van der Waals surface area contributed by atoms with Crippen LogP contribution >= 0.6 is 0 Å². The van der Waals surface area contributed by atoms with Crippen molar-refractivity contribution in [2.45, 2.75) is 102 Å². The van der Waals surface area contributed by atoms with Gasteiger partial charge in [0.2, 0.25) is 0 Å². The molecule has 0 saturated carbocycles. The number of hydrogen-bond donors (Lipinski definition) is 5. The van der Waals surface area contributed by atoms with Crippen molar-refractivity contribution in [1.29, 1.82) is 0 Å². The Morgan fingerprint density at radius 2 is 1.31 bits per heavy atom. The molecule has 204 valence electrons. The molecule has 0 unspecified atom stereocenters. The Morgan fingerprint density at radius 3 is 1.77 bits per heavy atom. The number of carboxylic acids is 1. The first-order valence-electron chi connectivity index (χ1n) is 13.0. The number of unbranched alkanes of at least 4 members (excludes halogenated alkanes) is 9. The van der Waals surface area contributed by atoms with E-state index in [1.165, 1.54) is 76.3 Å². The molecule has 0 spiro atoms. The fourth-order valence-corrected chi connectivity index (χ4v) is 3.85. The second kappa shape index (κ2) is 19.6. The Bertz CT molecular complexity index is 642. The van der Waals surface area contributed by atoms with Gasteiger partial charge in [-0.15, -0.1) is 0 Å². The molecular formula is C27H49NO7. The molecule has 0 bridgehead atoms. The van der Waals surface area contributed by atoms with E-state index in [4.69, 9.17) is 25.5 Å². The molecule has 0 aliphatic rings. The third-order valence-corrected chi connectivity index (χ3v) is 6.07. The summed E-state index contributed by atoms with van der Waals surface area (Å²) in [5.41, 5.74) is 1.46. The summed E-state index contributed by atoms with van der Waals surface area (Å²) in [6.07, 6.45) is 6.16. The summed E-state index contributed by atoms with van der Waals surface area (Å²) in [7, 11) is 4.72. The van der Waals surface area contributed by atoms with Gasteiger partial charge >= 0.3 is 0 Å². The van der Waals surface area contributed by atoms with Gasteiger partial charge < -0.3 is 39.9 Å². The number of carbonyl (C=O) groups is 1. The lowest BCUT2D eigenvalue weighted by atomic mass is 10.0. The van der Waals surface area contributed by atoms with E-state index in [9.17, 15) is 9.90 Å². The van der Waals surface area contributed by atoms with Gasteiger partial charge in [-0.2, -0.15) is 0 Å². The first-order chi connectivity index (χ1) is 16.6. The molecule has 0 aliphatic carbocycles. The summed E-state index contributed by atoms with van der Waals surface area (Å²) in [6.45, 7) is 3.87. The van der Waals surface area contributed by atoms with Gasteiger partial charge in [0.05, 0.1) is 33.2 Å². The molecule has 1 aromatic carbocycles. The summed E-state index contributed by atoms with van der Waals surface area (Å²) in [6, 6.07) is 10.9. The van der Waals surface area contributed by atoms with E-state index in [1.807, 2.05) is 0 Å². The second-order valence-electron chi connectivity index (χ2n) is 9.98. The quantitative estimate of drug-likeness (QED) is 0.152. The number of carboxylic acid groups (broad SMARTS) is 1. The van der Waals surface area contributed by atoms with Crippen molar-refractivity contribution in [1.82, 2.24) is 0 Å². The standard InChI is InChI=1S/C21H38N.C6H12O7/c1-4-5-6-7-8-9-10-11-12-16-19-22(2,3)20-21-17-14-13-15-18-21;7-1-2(8)3(9)4(10)5(11)6(12)13/h13-15,17-18H,4-12,16,19-20H2,1-3H3;2-5,7-11H,1H2,(H,12,13)/q+1;/p-1/t;2-,3-,4+,5-/m.1/s1. The highest BCUT2D eigenvalue weighted by Crippen LogP contribution is 2.14. The minimum absolute atomic E-state index is 0.863. The zero-order valence-electron chi connectivity index (χ0n) is 21.9. The summed E-state index contributed by atoms with van der Waals surface area (Å²) < 4.78 is 1.11. The molecule has 1 aromatic rings. The lowest BCUT2D eigenvalue weighted by molar-refractivity contribution is -0.903. The molecular weight excluding hydrogens is 450 g/mol. The van der Waals surface area contributed by atoms with Crippen molar-refractivity contribution < 1.29 is 39.9 Å². The number of benzene rings is 1. The molecule has 0 heterocycles. The van der Waals surface area contributed by atoms with Gasteiger partial charge in [0.1, 0.15) is 31.0 Å². The number of carbonyl (C=O) groups excluding carboxylic acids is 1. The van der Waals surface area contributed by atoms with E-state index in [1.54, 1.807) is 0 Å². The van der Waals surface area contributed by atoms with Crippen molar-refractivity contribution in [3.05, 3.63) is 35.9 Å². The lowest BCUT2D eigenvalue weighted by Crippen LogP contribution is -2.52. The van der Waals surface area contributed by atoms with Crippen LogP contribution in [-0.2, 0) is 11.3 Å². The molecule has 0 aromatic heterocycles. The van der Waals surface area contributed by atoms with Crippen LogP contribution in [0.25, 0.3) is 0 Å². The fourth-order valence-electron chi connectivity index (χ4n) is 3.85. The van der Waals surface area contributed by atoms with E-state index < -0.39 is 37.0 Å². The third-order valence-electron chi connectivity index (χ3n) is 6.07. The van der Waals surface area contributed by atoms with Crippen molar-refractivity contribution in [3.8, 4) is 0 Å². The molecule has 8 nitrogen and oxygen atoms in total. The molecule has 0 fully saturated rings. The van der Waals surface area contributed by atoms with Gasteiger partial charge in [-0.1, -0.05) is 88.6 Å². The van der Waals surface area contributed by atoms with Gasteiger partial charge in [-0.3, -0.25) is 0 Å². The number of aliphatic hydroxyl groups is 5. The maximum atomic E-state index is 9.98. The van der Waals surface area contributed by atoms with Gasteiger partial charge in [0.15, 0.2) is 0 Å². The minimum Gasteiger partial charge on any atom is -0.547 e. The fraction of sp³-hybridized carbons (Fsp3) is 0.741. The Balaban J connectivity index is 0.000000761. The monoisotopic (exact) mass is 499 g/mol. The van der Waals surface area contributed by atoms with Crippen LogP contribution in [0, 0.1) is 0 Å². The second-order valence-corrected chi connectivity index (χ2v) is 9.98. The zero-order chi connectivity index (χ0) is 26.7. The van der Waals surface area contributed by atoms with Crippen LogP contribution in [0.3, 0.4) is 0 Å². The highest BCUT2D eigenvalue weighted by atomic mass is 16.4. The Hall–Kier alpha value is -1.55. The molecule has 0 saturated heterocycles. The maximum Gasteiger partial charge on any atom is 0.122 e. The normalized spacial score (nSPS) is 15.0. The predicted molar refractivity (Wildman–Crippen MR) is 135 cm³/mol. The van der Waals surface area contributed by atoms with Crippen LogP contribution in [0.1, 0.15) is 76.7 Å². The van der Waals surface area contributed by atoms with E-state index in [0.717, 1.165) is 11.0 Å². The molecule has 0 aliphatic heterocycles. The number of hydrogen-bond acceptors (Lipinski definition) is 7. The number of aliphatic hydroxyl groups excluding tert-OH is 5. The molecule has 1 rings (SSSR count). The summed E-state index contributed by atoms with van der Waals surface area (Å²) in [4.78, 5) is 9.98. The van der Waals surface area contributed by atoms with Crippen molar-refractivity contribution >= 4 is 5.97 Å². The lowest BCUT2D eigenvalue weighted by Gasteiger charge is -2.30. The van der Waals surface area contributed by atoms with Crippen LogP contribution in [0.2, 0.25) is 0 Å². The number of quaternary nitrogens is 1. The molecule has 35 heavy (non-hydrogen) atoms. The third kappa shape index (κ3) is 16.7. The van der Waals surface area contributed by atoms with Crippen LogP contribution in [-0.4, -0.2) is 87.6 Å². The van der Waals surface area contributed by atoms with Gasteiger partial charge in [0.25, 0.3) is 0 Å². The molecule has 0 amide bonds. The molecule has 5 N–H and O–H groups in total. The van der Waals surface area contributed by atoms with E-state index in [0.29, 0.717) is 0 Å². The number of nitrogens with zero attached hydrogens (tertiary/aromatic N) is 1. The molecule has 0 radical (unpaired) electrons. The first-order valence-corrected chi connectivity index (χ1v) is 13.0. The Morgan fingerprint density at radius 1 is 0.829 bits per heavy atom. The predicted octanol–water partition coefficient (Wildman–Crippen LogP) is 1.36. The van der Waals surface area contributed by atoms with E-state index >= 15 is 0 Å². The zero-order valence-corrected chi connectivity index (χ0v) is 21.9. The Labute approximate surface area is 211 Å². The molecule has 8 heteroatoms.